The standard InChI is InChI=1S/C16H10F3N5O2S/c1-8-12(13-20-5-2-6-24(13)23-8)14(25)22-15-21-10-4-3-9(7-11(10)27-15)26-16(17,18)19/h2-7H,1H3,(H,21,22,25). The van der Waals surface area contributed by atoms with E-state index in [1.54, 1.807) is 25.4 Å². The van der Waals surface area contributed by atoms with Crippen molar-refractivity contribution in [3.8, 4) is 5.75 Å². The zero-order chi connectivity index (χ0) is 19.2. The molecule has 0 aliphatic rings. The molecule has 138 valence electrons. The van der Waals surface area contributed by atoms with E-state index in [1.807, 2.05) is 0 Å². The number of carbonyl (C=O) groups excluding carboxylic acids is 1. The Bertz CT molecular complexity index is 1170. The Hall–Kier alpha value is -3.21. The maximum Gasteiger partial charge on any atom is 0.573 e. The van der Waals surface area contributed by atoms with Crippen LogP contribution >= 0.6 is 11.3 Å². The maximum atomic E-state index is 12.6. The predicted octanol–water partition coefficient (Wildman–Crippen LogP) is 3.80. The van der Waals surface area contributed by atoms with Gasteiger partial charge in [-0.2, -0.15) is 5.10 Å². The molecule has 0 unspecified atom stereocenters. The number of fused-ring (bicyclic) bond motifs is 2. The Morgan fingerprint density at radius 3 is 2.93 bits per heavy atom. The number of rotatable bonds is 3. The topological polar surface area (TPSA) is 81.4 Å². The number of halogens is 3. The third-order valence-corrected chi connectivity index (χ3v) is 4.54. The molecule has 0 saturated carbocycles. The van der Waals surface area contributed by atoms with E-state index in [0.717, 1.165) is 11.3 Å². The van der Waals surface area contributed by atoms with Crippen molar-refractivity contribution in [2.75, 3.05) is 5.32 Å². The van der Waals surface area contributed by atoms with Gasteiger partial charge in [-0.05, 0) is 25.1 Å². The van der Waals surface area contributed by atoms with E-state index in [9.17, 15) is 18.0 Å². The van der Waals surface area contributed by atoms with Gasteiger partial charge < -0.3 is 4.74 Å². The minimum Gasteiger partial charge on any atom is -0.406 e. The first kappa shape index (κ1) is 17.2. The second-order valence-electron chi connectivity index (χ2n) is 5.50. The smallest absolute Gasteiger partial charge is 0.406 e. The predicted molar refractivity (Wildman–Crippen MR) is 92.0 cm³/mol. The molecule has 0 bridgehead atoms. The first-order valence-corrected chi connectivity index (χ1v) is 8.39. The van der Waals surface area contributed by atoms with Crippen molar-refractivity contribution in [2.45, 2.75) is 13.3 Å². The van der Waals surface area contributed by atoms with Crippen molar-refractivity contribution in [1.82, 2.24) is 19.6 Å². The van der Waals surface area contributed by atoms with Crippen molar-refractivity contribution in [2.24, 2.45) is 0 Å². The van der Waals surface area contributed by atoms with Gasteiger partial charge in [0.05, 0.1) is 15.9 Å². The Morgan fingerprint density at radius 2 is 2.15 bits per heavy atom. The summed E-state index contributed by atoms with van der Waals surface area (Å²) in [5.41, 5.74) is 1.64. The van der Waals surface area contributed by atoms with Crippen LogP contribution in [-0.2, 0) is 0 Å². The minimum atomic E-state index is -4.77. The number of aromatic nitrogens is 4. The van der Waals surface area contributed by atoms with E-state index < -0.39 is 12.3 Å². The third-order valence-electron chi connectivity index (χ3n) is 3.61. The van der Waals surface area contributed by atoms with E-state index in [0.29, 0.717) is 27.1 Å². The second-order valence-corrected chi connectivity index (χ2v) is 6.53. The molecule has 1 aromatic carbocycles. The number of hydrogen-bond acceptors (Lipinski definition) is 6. The van der Waals surface area contributed by atoms with Crippen molar-refractivity contribution >= 4 is 38.2 Å². The molecule has 4 aromatic rings. The normalized spacial score (nSPS) is 11.9. The van der Waals surface area contributed by atoms with Crippen LogP contribution in [0.3, 0.4) is 0 Å². The molecule has 3 heterocycles. The number of ether oxygens (including phenoxy) is 1. The number of anilines is 1. The van der Waals surface area contributed by atoms with E-state index in [2.05, 4.69) is 25.1 Å². The van der Waals surface area contributed by atoms with Crippen LogP contribution in [0.15, 0.2) is 36.7 Å². The van der Waals surface area contributed by atoms with Crippen LogP contribution < -0.4 is 10.1 Å². The van der Waals surface area contributed by atoms with Gasteiger partial charge in [-0.25, -0.2) is 14.5 Å². The highest BCUT2D eigenvalue weighted by Gasteiger charge is 2.31. The van der Waals surface area contributed by atoms with Crippen LogP contribution in [0.25, 0.3) is 15.9 Å². The molecular formula is C16H10F3N5O2S. The van der Waals surface area contributed by atoms with Gasteiger partial charge in [0, 0.05) is 18.5 Å². The lowest BCUT2D eigenvalue weighted by atomic mass is 10.2. The summed E-state index contributed by atoms with van der Waals surface area (Å²) in [5.74, 6) is -0.800. The lowest BCUT2D eigenvalue weighted by Crippen LogP contribution is -2.16. The summed E-state index contributed by atoms with van der Waals surface area (Å²) in [4.78, 5) is 21.0. The number of benzene rings is 1. The van der Waals surface area contributed by atoms with E-state index in [4.69, 9.17) is 0 Å². The Morgan fingerprint density at radius 1 is 1.33 bits per heavy atom. The van der Waals surface area contributed by atoms with Gasteiger partial charge in [-0.1, -0.05) is 11.3 Å². The van der Waals surface area contributed by atoms with Crippen LogP contribution in [0.5, 0.6) is 5.75 Å². The first-order chi connectivity index (χ1) is 12.8. The second kappa shape index (κ2) is 6.20. The molecule has 0 saturated heterocycles. The van der Waals surface area contributed by atoms with Gasteiger partial charge in [0.25, 0.3) is 5.91 Å². The Kier molecular flexibility index (Phi) is 3.95. The average molecular weight is 393 g/mol. The molecule has 1 N–H and O–H groups in total. The molecule has 3 aromatic heterocycles. The fraction of sp³-hybridized carbons (Fsp3) is 0.125. The van der Waals surface area contributed by atoms with Crippen molar-refractivity contribution < 1.29 is 22.7 Å². The zero-order valence-corrected chi connectivity index (χ0v) is 14.4. The Balaban J connectivity index is 1.63. The minimum absolute atomic E-state index is 0.244. The summed E-state index contributed by atoms with van der Waals surface area (Å²) in [5, 5.41) is 7.11. The highest BCUT2D eigenvalue weighted by Crippen LogP contribution is 2.32. The summed E-state index contributed by atoms with van der Waals surface area (Å²) in [6.07, 6.45) is -1.55. The summed E-state index contributed by atoms with van der Waals surface area (Å²) in [6, 6.07) is 5.47. The molecular weight excluding hydrogens is 383 g/mol. The van der Waals surface area contributed by atoms with Crippen LogP contribution in [0.1, 0.15) is 16.1 Å². The number of nitrogens with one attached hydrogen (secondary N) is 1. The Labute approximate surface area is 153 Å². The maximum absolute atomic E-state index is 12.6. The fourth-order valence-electron chi connectivity index (χ4n) is 2.58. The summed E-state index contributed by atoms with van der Waals surface area (Å²) in [7, 11) is 0. The first-order valence-electron chi connectivity index (χ1n) is 7.58. The number of thiazole rings is 1. The van der Waals surface area contributed by atoms with Gasteiger partial charge >= 0.3 is 6.36 Å². The van der Waals surface area contributed by atoms with Crippen molar-refractivity contribution in [3.05, 3.63) is 47.9 Å². The van der Waals surface area contributed by atoms with Gasteiger partial charge in [-0.15, -0.1) is 13.2 Å². The van der Waals surface area contributed by atoms with Crippen LogP contribution in [-0.4, -0.2) is 31.9 Å². The quantitative estimate of drug-likeness (QED) is 0.573. The lowest BCUT2D eigenvalue weighted by Gasteiger charge is -2.07. The highest BCUT2D eigenvalue weighted by molar-refractivity contribution is 7.22. The highest BCUT2D eigenvalue weighted by atomic mass is 32.1. The third kappa shape index (κ3) is 3.40. The van der Waals surface area contributed by atoms with Gasteiger partial charge in [0.15, 0.2) is 10.8 Å². The molecule has 0 aliphatic carbocycles. The number of amides is 1. The zero-order valence-electron chi connectivity index (χ0n) is 13.6. The van der Waals surface area contributed by atoms with E-state index in [1.165, 1.54) is 22.7 Å². The molecule has 0 spiro atoms. The molecule has 11 heteroatoms. The van der Waals surface area contributed by atoms with Crippen LogP contribution in [0, 0.1) is 6.92 Å². The average Bonchev–Trinajstić information content (AvgIpc) is 3.11. The van der Waals surface area contributed by atoms with Crippen LogP contribution in [0.2, 0.25) is 0 Å². The molecule has 7 nitrogen and oxygen atoms in total. The van der Waals surface area contributed by atoms with Gasteiger partial charge in [0.1, 0.15) is 11.3 Å². The number of carbonyl (C=O) groups is 1. The number of nitrogens with zero attached hydrogens (tertiary/aromatic N) is 4. The monoisotopic (exact) mass is 393 g/mol. The molecule has 1 amide bonds. The van der Waals surface area contributed by atoms with Crippen molar-refractivity contribution in [1.29, 1.82) is 0 Å². The van der Waals surface area contributed by atoms with Crippen molar-refractivity contribution in [3.63, 3.8) is 0 Å². The van der Waals surface area contributed by atoms with Crippen LogP contribution in [0.4, 0.5) is 18.3 Å². The number of hydrogen-bond donors (Lipinski definition) is 1. The van der Waals surface area contributed by atoms with E-state index in [-0.39, 0.29) is 10.9 Å². The van der Waals surface area contributed by atoms with Gasteiger partial charge in [-0.3, -0.25) is 10.1 Å². The molecule has 0 radical (unpaired) electrons. The number of alkyl halides is 3. The van der Waals surface area contributed by atoms with Gasteiger partial charge in [0.2, 0.25) is 0 Å². The largest absolute Gasteiger partial charge is 0.573 e. The summed E-state index contributed by atoms with van der Waals surface area (Å²) >= 11 is 1.04. The molecule has 4 rings (SSSR count). The summed E-state index contributed by atoms with van der Waals surface area (Å²) in [6.45, 7) is 1.68. The number of aryl methyl sites for hydroxylation is 1. The molecule has 0 aliphatic heterocycles. The van der Waals surface area contributed by atoms with E-state index >= 15 is 0 Å². The molecule has 0 fully saturated rings. The lowest BCUT2D eigenvalue weighted by molar-refractivity contribution is -0.274. The summed E-state index contributed by atoms with van der Waals surface area (Å²) < 4.78 is 42.8. The molecule has 0 atom stereocenters. The fourth-order valence-corrected chi connectivity index (χ4v) is 3.47. The SMILES string of the molecule is Cc1nn2cccnc2c1C(=O)Nc1nc2ccc(OC(F)(F)F)cc2s1. The molecule has 27 heavy (non-hydrogen) atoms.